The Morgan fingerprint density at radius 3 is 2.61 bits per heavy atom. The number of hydrogen-bond donors (Lipinski definition) is 1. The van der Waals surface area contributed by atoms with Crippen molar-refractivity contribution in [2.24, 2.45) is 11.7 Å². The Bertz CT molecular complexity index is 624. The lowest BCUT2D eigenvalue weighted by atomic mass is 9.83. The van der Waals surface area contributed by atoms with Gasteiger partial charge in [0.05, 0.1) is 31.3 Å². The van der Waals surface area contributed by atoms with E-state index < -0.39 is 0 Å². The summed E-state index contributed by atoms with van der Waals surface area (Å²) >= 11 is 0. The lowest BCUT2D eigenvalue weighted by molar-refractivity contribution is -0.142. The van der Waals surface area contributed by atoms with E-state index in [0.29, 0.717) is 31.8 Å². The number of benzene rings is 1. The average molecular weight is 387 g/mol. The predicted molar refractivity (Wildman–Crippen MR) is 109 cm³/mol. The maximum Gasteiger partial charge on any atom is 0.228 e. The van der Waals surface area contributed by atoms with Crippen molar-refractivity contribution in [2.75, 3.05) is 26.4 Å². The lowest BCUT2D eigenvalue weighted by Crippen LogP contribution is -2.58. The quantitative estimate of drug-likeness (QED) is 0.845. The molecule has 2 heterocycles. The van der Waals surface area contributed by atoms with E-state index in [2.05, 4.69) is 30.3 Å². The number of piperidine rings is 1. The van der Waals surface area contributed by atoms with Crippen LogP contribution in [0, 0.1) is 5.92 Å². The van der Waals surface area contributed by atoms with E-state index in [1.165, 1.54) is 18.4 Å². The average Bonchev–Trinajstić information content (AvgIpc) is 3.28. The van der Waals surface area contributed by atoms with Gasteiger partial charge in [0.2, 0.25) is 5.91 Å². The molecule has 1 saturated carbocycles. The highest BCUT2D eigenvalue weighted by Gasteiger charge is 2.37. The molecular weight excluding hydrogens is 352 g/mol. The molecule has 0 bridgehead atoms. The third-order valence-corrected chi connectivity index (χ3v) is 6.84. The van der Waals surface area contributed by atoms with Crippen LogP contribution in [0.1, 0.15) is 56.4 Å². The Kier molecular flexibility index (Phi) is 6.65. The largest absolute Gasteiger partial charge is 0.381 e. The lowest BCUT2D eigenvalue weighted by Gasteiger charge is -2.41. The van der Waals surface area contributed by atoms with Crippen LogP contribution in [-0.4, -0.2) is 55.4 Å². The first-order chi connectivity index (χ1) is 13.7. The molecule has 5 heteroatoms. The molecule has 3 fully saturated rings. The van der Waals surface area contributed by atoms with Gasteiger partial charge in [-0.1, -0.05) is 30.3 Å². The van der Waals surface area contributed by atoms with E-state index in [-0.39, 0.29) is 23.9 Å². The Labute approximate surface area is 168 Å². The number of ether oxygens (including phenoxy) is 2. The van der Waals surface area contributed by atoms with E-state index in [4.69, 9.17) is 15.2 Å². The van der Waals surface area contributed by atoms with Crippen LogP contribution in [0.25, 0.3) is 0 Å². The van der Waals surface area contributed by atoms with Gasteiger partial charge in [0.15, 0.2) is 0 Å². The molecule has 1 aromatic rings. The van der Waals surface area contributed by atoms with E-state index in [9.17, 15) is 4.79 Å². The number of amides is 1. The van der Waals surface area contributed by atoms with Crippen LogP contribution in [0.5, 0.6) is 0 Å². The molecule has 2 saturated heterocycles. The summed E-state index contributed by atoms with van der Waals surface area (Å²) in [6, 6.07) is 10.8. The summed E-state index contributed by atoms with van der Waals surface area (Å²) in [7, 11) is 0. The van der Waals surface area contributed by atoms with Gasteiger partial charge in [0.25, 0.3) is 0 Å². The summed E-state index contributed by atoms with van der Waals surface area (Å²) in [4.78, 5) is 14.9. The predicted octanol–water partition coefficient (Wildman–Crippen LogP) is 3.08. The minimum atomic E-state index is 0.00805. The molecule has 0 spiro atoms. The first kappa shape index (κ1) is 19.9. The molecule has 0 radical (unpaired) electrons. The van der Waals surface area contributed by atoms with Gasteiger partial charge in [-0.05, 0) is 56.4 Å². The first-order valence-electron chi connectivity index (χ1n) is 11.0. The Morgan fingerprint density at radius 1 is 1.11 bits per heavy atom. The molecule has 2 aliphatic heterocycles. The van der Waals surface area contributed by atoms with E-state index >= 15 is 0 Å². The van der Waals surface area contributed by atoms with Crippen molar-refractivity contribution < 1.29 is 14.3 Å². The molecule has 3 aliphatic rings. The standard InChI is InChI=1S/C23H34N2O3/c24-21-7-4-13-25(23(26)19-12-14-27-15-19)22(21)16-28-20-10-8-18(9-11-20)17-5-2-1-3-6-17/h1-3,5-6,18-22H,4,7-16,24H2/t18?,19-,20?,21-,22-/m0/s1. The molecule has 1 amide bonds. The molecule has 4 rings (SSSR count). The fourth-order valence-corrected chi connectivity index (χ4v) is 5.06. The maximum absolute atomic E-state index is 12.9. The molecule has 0 unspecified atom stereocenters. The third-order valence-electron chi connectivity index (χ3n) is 6.84. The van der Waals surface area contributed by atoms with Gasteiger partial charge in [0, 0.05) is 19.2 Å². The summed E-state index contributed by atoms with van der Waals surface area (Å²) in [5.41, 5.74) is 7.86. The number of carbonyl (C=O) groups excluding carboxylic acids is 1. The summed E-state index contributed by atoms with van der Waals surface area (Å²) in [6.45, 7) is 2.63. The highest BCUT2D eigenvalue weighted by molar-refractivity contribution is 5.79. The smallest absolute Gasteiger partial charge is 0.228 e. The SMILES string of the molecule is N[C@H]1CCCN(C(=O)[C@H]2CCOC2)[C@H]1COC1CCC(c2ccccc2)CC1. The normalized spacial score (nSPS) is 33.8. The van der Waals surface area contributed by atoms with Crippen molar-refractivity contribution in [1.29, 1.82) is 0 Å². The van der Waals surface area contributed by atoms with Gasteiger partial charge in [-0.25, -0.2) is 0 Å². The van der Waals surface area contributed by atoms with Gasteiger partial charge < -0.3 is 20.1 Å². The van der Waals surface area contributed by atoms with E-state index in [1.807, 2.05) is 4.90 Å². The van der Waals surface area contributed by atoms with Crippen molar-refractivity contribution in [2.45, 2.75) is 69.1 Å². The van der Waals surface area contributed by atoms with Crippen LogP contribution in [0.2, 0.25) is 0 Å². The number of hydrogen-bond acceptors (Lipinski definition) is 4. The fraction of sp³-hybridized carbons (Fsp3) is 0.696. The van der Waals surface area contributed by atoms with Gasteiger partial charge >= 0.3 is 0 Å². The van der Waals surface area contributed by atoms with Crippen molar-refractivity contribution in [3.05, 3.63) is 35.9 Å². The molecule has 1 aromatic carbocycles. The first-order valence-corrected chi connectivity index (χ1v) is 11.0. The van der Waals surface area contributed by atoms with Gasteiger partial charge in [-0.2, -0.15) is 0 Å². The minimum Gasteiger partial charge on any atom is -0.381 e. The highest BCUT2D eigenvalue weighted by Crippen LogP contribution is 2.34. The Morgan fingerprint density at radius 2 is 1.89 bits per heavy atom. The molecule has 1 aliphatic carbocycles. The molecule has 3 atom stereocenters. The number of likely N-dealkylation sites (tertiary alicyclic amines) is 1. The zero-order chi connectivity index (χ0) is 19.3. The van der Waals surface area contributed by atoms with Crippen molar-refractivity contribution in [3.63, 3.8) is 0 Å². The topological polar surface area (TPSA) is 64.8 Å². The Balaban J connectivity index is 1.29. The molecule has 0 aromatic heterocycles. The summed E-state index contributed by atoms with van der Waals surface area (Å²) < 4.78 is 11.7. The molecule has 154 valence electrons. The summed E-state index contributed by atoms with van der Waals surface area (Å²) in [6.07, 6.45) is 7.61. The molecular formula is C23H34N2O3. The number of carbonyl (C=O) groups is 1. The van der Waals surface area contributed by atoms with Crippen molar-refractivity contribution >= 4 is 5.91 Å². The zero-order valence-electron chi connectivity index (χ0n) is 16.8. The second-order valence-electron chi connectivity index (χ2n) is 8.68. The van der Waals surface area contributed by atoms with Crippen LogP contribution >= 0.6 is 0 Å². The number of nitrogens with two attached hydrogens (primary N) is 1. The molecule has 2 N–H and O–H groups in total. The summed E-state index contributed by atoms with van der Waals surface area (Å²) in [5, 5.41) is 0. The van der Waals surface area contributed by atoms with Gasteiger partial charge in [-0.3, -0.25) is 4.79 Å². The van der Waals surface area contributed by atoms with Crippen LogP contribution in [-0.2, 0) is 14.3 Å². The summed E-state index contributed by atoms with van der Waals surface area (Å²) in [5.74, 6) is 0.876. The van der Waals surface area contributed by atoms with Crippen molar-refractivity contribution in [3.8, 4) is 0 Å². The zero-order valence-corrected chi connectivity index (χ0v) is 16.8. The second-order valence-corrected chi connectivity index (χ2v) is 8.68. The Hall–Kier alpha value is -1.43. The van der Waals surface area contributed by atoms with Gasteiger partial charge in [0.1, 0.15) is 0 Å². The fourth-order valence-electron chi connectivity index (χ4n) is 5.06. The van der Waals surface area contributed by atoms with Crippen LogP contribution in [0.4, 0.5) is 0 Å². The van der Waals surface area contributed by atoms with Crippen molar-refractivity contribution in [1.82, 2.24) is 4.90 Å². The maximum atomic E-state index is 12.9. The molecule has 28 heavy (non-hydrogen) atoms. The van der Waals surface area contributed by atoms with Crippen LogP contribution < -0.4 is 5.73 Å². The molecule has 5 nitrogen and oxygen atoms in total. The second kappa shape index (κ2) is 9.38. The minimum absolute atomic E-state index is 0.00805. The van der Waals surface area contributed by atoms with E-state index in [0.717, 1.165) is 38.6 Å². The highest BCUT2D eigenvalue weighted by atomic mass is 16.5. The van der Waals surface area contributed by atoms with Crippen LogP contribution in [0.3, 0.4) is 0 Å². The monoisotopic (exact) mass is 386 g/mol. The third kappa shape index (κ3) is 4.58. The van der Waals surface area contributed by atoms with Gasteiger partial charge in [-0.15, -0.1) is 0 Å². The number of rotatable bonds is 5. The number of nitrogens with zero attached hydrogens (tertiary/aromatic N) is 1. The van der Waals surface area contributed by atoms with Crippen LogP contribution in [0.15, 0.2) is 30.3 Å². The van der Waals surface area contributed by atoms with E-state index in [1.54, 1.807) is 0 Å².